The summed E-state index contributed by atoms with van der Waals surface area (Å²) in [6, 6.07) is 20.7. The van der Waals surface area contributed by atoms with Gasteiger partial charge in [-0.05, 0) is 65.4 Å². The molecular weight excluding hydrogens is 385 g/mol. The summed E-state index contributed by atoms with van der Waals surface area (Å²) in [6.45, 7) is 2.11. The fourth-order valence-corrected chi connectivity index (χ4v) is 2.84. The molecule has 4 rings (SSSR count). The van der Waals surface area contributed by atoms with Gasteiger partial charge < -0.3 is 10.1 Å². The van der Waals surface area contributed by atoms with Gasteiger partial charge in [0.05, 0.1) is 11.4 Å². The first-order valence-corrected chi connectivity index (χ1v) is 9.23. The van der Waals surface area contributed by atoms with Crippen molar-refractivity contribution in [1.29, 1.82) is 0 Å². The Kier molecular flexibility index (Phi) is 5.47. The molecule has 0 fully saturated rings. The number of carbonyl (C=O) groups is 1. The van der Waals surface area contributed by atoms with Crippen LogP contribution in [0.1, 0.15) is 21.7 Å². The van der Waals surface area contributed by atoms with Gasteiger partial charge >= 0.3 is 0 Å². The van der Waals surface area contributed by atoms with Crippen LogP contribution in [-0.2, 0) is 6.61 Å². The summed E-state index contributed by atoms with van der Waals surface area (Å²) in [5.41, 5.74) is 1.91. The number of para-hydroxylation sites is 1. The maximum absolute atomic E-state index is 14.2. The molecule has 3 aromatic carbocycles. The smallest absolute Gasteiger partial charge is 0.255 e. The Morgan fingerprint density at radius 1 is 1.07 bits per heavy atom. The number of carbonyl (C=O) groups excluding carboxylic acids is 1. The minimum atomic E-state index is -0.550. The Balaban J connectivity index is 1.44. The molecule has 0 unspecified atom stereocenters. The Morgan fingerprint density at radius 3 is 2.53 bits per heavy atom. The molecule has 0 radical (unpaired) electrons. The van der Waals surface area contributed by atoms with E-state index in [1.54, 1.807) is 31.2 Å². The van der Waals surface area contributed by atoms with Crippen molar-refractivity contribution >= 4 is 11.6 Å². The maximum Gasteiger partial charge on any atom is 0.255 e. The second-order valence-electron chi connectivity index (χ2n) is 6.55. The summed E-state index contributed by atoms with van der Waals surface area (Å²) in [5.74, 6) is 0.348. The number of hydrogen-bond acceptors (Lipinski definition) is 5. The monoisotopic (exact) mass is 403 g/mol. The lowest BCUT2D eigenvalue weighted by atomic mass is 10.1. The van der Waals surface area contributed by atoms with Crippen LogP contribution in [0, 0.1) is 12.7 Å². The van der Waals surface area contributed by atoms with Crippen LogP contribution in [0.25, 0.3) is 5.69 Å². The first-order valence-electron chi connectivity index (χ1n) is 9.23. The van der Waals surface area contributed by atoms with E-state index in [1.807, 2.05) is 30.3 Å². The standard InChI is InChI=1S/C22H18FN5O2/c1-15-25-26-27-28(15)18-11-12-20(23)21(13-18)24-22(29)17-9-7-16(8-10-17)14-30-19-5-3-2-4-6-19/h2-13H,14H2,1H3,(H,24,29). The van der Waals surface area contributed by atoms with Gasteiger partial charge in [0, 0.05) is 5.56 Å². The Labute approximate surface area is 172 Å². The van der Waals surface area contributed by atoms with Crippen molar-refractivity contribution in [2.75, 3.05) is 5.32 Å². The van der Waals surface area contributed by atoms with E-state index in [1.165, 1.54) is 22.9 Å². The highest BCUT2D eigenvalue weighted by Gasteiger charge is 2.12. The minimum absolute atomic E-state index is 0.0453. The van der Waals surface area contributed by atoms with Crippen LogP contribution < -0.4 is 10.1 Å². The zero-order valence-corrected chi connectivity index (χ0v) is 16.1. The number of hydrogen-bond donors (Lipinski definition) is 1. The van der Waals surface area contributed by atoms with Crippen LogP contribution in [0.15, 0.2) is 72.8 Å². The fourth-order valence-electron chi connectivity index (χ4n) is 2.84. The maximum atomic E-state index is 14.2. The lowest BCUT2D eigenvalue weighted by Crippen LogP contribution is -2.14. The third-order valence-electron chi connectivity index (χ3n) is 4.43. The summed E-state index contributed by atoms with van der Waals surface area (Å²) in [5, 5.41) is 13.8. The quantitative estimate of drug-likeness (QED) is 0.527. The largest absolute Gasteiger partial charge is 0.489 e. The summed E-state index contributed by atoms with van der Waals surface area (Å²) in [6.07, 6.45) is 0. The van der Waals surface area contributed by atoms with Crippen LogP contribution in [-0.4, -0.2) is 26.1 Å². The molecule has 7 nitrogen and oxygen atoms in total. The van der Waals surface area contributed by atoms with E-state index in [9.17, 15) is 9.18 Å². The van der Waals surface area contributed by atoms with Crippen LogP contribution in [0.3, 0.4) is 0 Å². The van der Waals surface area contributed by atoms with E-state index in [0.717, 1.165) is 11.3 Å². The molecule has 0 saturated carbocycles. The summed E-state index contributed by atoms with van der Waals surface area (Å²) in [4.78, 5) is 12.6. The molecule has 0 aliphatic carbocycles. The second kappa shape index (κ2) is 8.52. The van der Waals surface area contributed by atoms with E-state index in [4.69, 9.17) is 4.74 Å². The molecule has 0 spiro atoms. The lowest BCUT2D eigenvalue weighted by Gasteiger charge is -2.10. The topological polar surface area (TPSA) is 81.9 Å². The SMILES string of the molecule is Cc1nnnn1-c1ccc(F)c(NC(=O)c2ccc(COc3ccccc3)cc2)c1. The average Bonchev–Trinajstić information content (AvgIpc) is 3.21. The van der Waals surface area contributed by atoms with Crippen molar-refractivity contribution in [3.05, 3.63) is 95.6 Å². The van der Waals surface area contributed by atoms with E-state index < -0.39 is 11.7 Å². The Morgan fingerprint density at radius 2 is 1.83 bits per heavy atom. The van der Waals surface area contributed by atoms with E-state index in [0.29, 0.717) is 23.7 Å². The van der Waals surface area contributed by atoms with Gasteiger partial charge in [0.1, 0.15) is 18.2 Å². The molecular formula is C22H18FN5O2. The number of tetrazole rings is 1. The number of rotatable bonds is 6. The predicted octanol–water partition coefficient (Wildman–Crippen LogP) is 3.94. The molecule has 1 amide bonds. The van der Waals surface area contributed by atoms with Crippen LogP contribution in [0.2, 0.25) is 0 Å². The van der Waals surface area contributed by atoms with Crippen molar-refractivity contribution in [2.45, 2.75) is 13.5 Å². The highest BCUT2D eigenvalue weighted by atomic mass is 19.1. The number of amides is 1. The molecule has 0 bridgehead atoms. The van der Waals surface area contributed by atoms with Gasteiger partial charge in [-0.3, -0.25) is 4.79 Å². The van der Waals surface area contributed by atoms with Crippen LogP contribution >= 0.6 is 0 Å². The van der Waals surface area contributed by atoms with Gasteiger partial charge in [-0.25, -0.2) is 4.39 Å². The molecule has 0 aliphatic rings. The predicted molar refractivity (Wildman–Crippen MR) is 109 cm³/mol. The molecule has 1 aromatic heterocycles. The van der Waals surface area contributed by atoms with Gasteiger partial charge in [0.15, 0.2) is 5.82 Å². The Hall–Kier alpha value is -4.07. The first kappa shape index (κ1) is 19.3. The Bertz CT molecular complexity index is 1160. The molecule has 0 aliphatic heterocycles. The molecule has 150 valence electrons. The number of aromatic nitrogens is 4. The minimum Gasteiger partial charge on any atom is -0.489 e. The van der Waals surface area contributed by atoms with Crippen LogP contribution in [0.5, 0.6) is 5.75 Å². The van der Waals surface area contributed by atoms with E-state index in [2.05, 4.69) is 20.8 Å². The summed E-state index contributed by atoms with van der Waals surface area (Å²) >= 11 is 0. The summed E-state index contributed by atoms with van der Waals surface area (Å²) in [7, 11) is 0. The molecule has 0 atom stereocenters. The molecule has 0 saturated heterocycles. The first-order chi connectivity index (χ1) is 14.6. The van der Waals surface area contributed by atoms with E-state index in [-0.39, 0.29) is 5.69 Å². The highest BCUT2D eigenvalue weighted by Crippen LogP contribution is 2.20. The van der Waals surface area contributed by atoms with Crippen molar-refractivity contribution in [1.82, 2.24) is 20.2 Å². The normalized spacial score (nSPS) is 10.6. The van der Waals surface area contributed by atoms with Crippen molar-refractivity contribution in [2.24, 2.45) is 0 Å². The zero-order valence-electron chi connectivity index (χ0n) is 16.1. The van der Waals surface area contributed by atoms with Crippen LogP contribution in [0.4, 0.5) is 10.1 Å². The fraction of sp³-hybridized carbons (Fsp3) is 0.0909. The zero-order chi connectivity index (χ0) is 20.9. The van der Waals surface area contributed by atoms with Crippen molar-refractivity contribution < 1.29 is 13.9 Å². The van der Waals surface area contributed by atoms with E-state index >= 15 is 0 Å². The van der Waals surface area contributed by atoms with Crippen molar-refractivity contribution in [3.8, 4) is 11.4 Å². The number of aryl methyl sites for hydroxylation is 1. The number of nitrogens with one attached hydrogen (secondary N) is 1. The highest BCUT2D eigenvalue weighted by molar-refractivity contribution is 6.04. The number of halogens is 1. The third kappa shape index (κ3) is 4.33. The van der Waals surface area contributed by atoms with Gasteiger partial charge in [-0.15, -0.1) is 5.10 Å². The second-order valence-corrected chi connectivity index (χ2v) is 6.55. The van der Waals surface area contributed by atoms with Gasteiger partial charge in [-0.1, -0.05) is 30.3 Å². The molecule has 30 heavy (non-hydrogen) atoms. The van der Waals surface area contributed by atoms with Gasteiger partial charge in [-0.2, -0.15) is 4.68 Å². The number of anilines is 1. The number of ether oxygens (including phenoxy) is 1. The molecule has 8 heteroatoms. The molecule has 4 aromatic rings. The average molecular weight is 403 g/mol. The van der Waals surface area contributed by atoms with Gasteiger partial charge in [0.25, 0.3) is 5.91 Å². The lowest BCUT2D eigenvalue weighted by molar-refractivity contribution is 0.102. The third-order valence-corrected chi connectivity index (χ3v) is 4.43. The number of nitrogens with zero attached hydrogens (tertiary/aromatic N) is 4. The number of benzene rings is 3. The van der Waals surface area contributed by atoms with Crippen molar-refractivity contribution in [3.63, 3.8) is 0 Å². The van der Waals surface area contributed by atoms with Gasteiger partial charge in [0.2, 0.25) is 0 Å². The molecule has 1 N–H and O–H groups in total. The molecule has 1 heterocycles. The summed E-state index contributed by atoms with van der Waals surface area (Å²) < 4.78 is 21.4.